The molecule has 0 aliphatic heterocycles. The van der Waals surface area contributed by atoms with Crippen molar-refractivity contribution in [1.29, 1.82) is 0 Å². The third kappa shape index (κ3) is 2.27. The molecule has 0 aromatic carbocycles. The summed E-state index contributed by atoms with van der Waals surface area (Å²) in [5, 5.41) is -0.149. The molecular weight excluding hydrogens is 228 g/mol. The van der Waals surface area contributed by atoms with Crippen molar-refractivity contribution in [2.75, 3.05) is 0 Å². The molecule has 2 aromatic heterocycles. The minimum absolute atomic E-state index is 0.149. The molecule has 15 heavy (non-hydrogen) atoms. The molecule has 0 amide bonds. The Morgan fingerprint density at radius 1 is 1.33 bits per heavy atom. The van der Waals surface area contributed by atoms with Gasteiger partial charge in [-0.15, -0.1) is 22.9 Å². The molecule has 2 heterocycles. The van der Waals surface area contributed by atoms with E-state index < -0.39 is 0 Å². The molecule has 2 rings (SSSR count). The van der Waals surface area contributed by atoms with E-state index in [1.807, 2.05) is 19.1 Å². The van der Waals surface area contributed by atoms with Crippen LogP contribution in [0.4, 0.5) is 0 Å². The van der Waals surface area contributed by atoms with E-state index in [1.54, 1.807) is 11.3 Å². The summed E-state index contributed by atoms with van der Waals surface area (Å²) in [6.07, 6.45) is 1.06. The summed E-state index contributed by atoms with van der Waals surface area (Å²) < 4.78 is 5.52. The lowest BCUT2D eigenvalue weighted by Gasteiger charge is -2.02. The summed E-state index contributed by atoms with van der Waals surface area (Å²) in [6, 6.07) is 8.10. The molecule has 1 atom stereocenters. The van der Waals surface area contributed by atoms with Crippen molar-refractivity contribution in [2.24, 2.45) is 0 Å². The van der Waals surface area contributed by atoms with E-state index in [-0.39, 0.29) is 5.38 Å². The average molecular weight is 241 g/mol. The summed E-state index contributed by atoms with van der Waals surface area (Å²) in [5.41, 5.74) is 0. The Labute approximate surface area is 98.7 Å². The molecule has 0 N–H and O–H groups in total. The predicted molar refractivity (Wildman–Crippen MR) is 64.8 cm³/mol. The number of hydrogen-bond donors (Lipinski definition) is 0. The van der Waals surface area contributed by atoms with Crippen molar-refractivity contribution in [3.63, 3.8) is 0 Å². The Hall–Kier alpha value is -0.730. The van der Waals surface area contributed by atoms with E-state index in [0.717, 1.165) is 22.8 Å². The Kier molecular flexibility index (Phi) is 3.17. The largest absolute Gasteiger partial charge is 0.464 e. The maximum Gasteiger partial charge on any atom is 0.127 e. The first-order valence-electron chi connectivity index (χ1n) is 4.99. The fourth-order valence-corrected chi connectivity index (χ4v) is 2.71. The number of furan rings is 1. The molecule has 0 spiro atoms. The van der Waals surface area contributed by atoms with Crippen molar-refractivity contribution in [3.05, 3.63) is 45.5 Å². The van der Waals surface area contributed by atoms with Crippen LogP contribution in [0.5, 0.6) is 0 Å². The second kappa shape index (κ2) is 4.42. The van der Waals surface area contributed by atoms with Gasteiger partial charge in [-0.1, -0.05) is 6.92 Å². The van der Waals surface area contributed by atoms with Crippen LogP contribution in [-0.2, 0) is 6.42 Å². The number of aryl methyl sites for hydroxylation is 2. The smallest absolute Gasteiger partial charge is 0.127 e. The van der Waals surface area contributed by atoms with Crippen LogP contribution in [0.25, 0.3) is 0 Å². The zero-order valence-corrected chi connectivity index (χ0v) is 10.4. The monoisotopic (exact) mass is 240 g/mol. The van der Waals surface area contributed by atoms with Crippen molar-refractivity contribution < 1.29 is 4.42 Å². The summed E-state index contributed by atoms with van der Waals surface area (Å²) in [6.45, 7) is 4.08. The van der Waals surface area contributed by atoms with Crippen LogP contribution in [-0.4, -0.2) is 0 Å². The molecule has 80 valence electrons. The number of rotatable bonds is 3. The molecule has 0 fully saturated rings. The zero-order chi connectivity index (χ0) is 10.8. The van der Waals surface area contributed by atoms with Gasteiger partial charge in [0, 0.05) is 9.75 Å². The molecule has 1 nitrogen and oxygen atoms in total. The van der Waals surface area contributed by atoms with E-state index in [2.05, 4.69) is 19.1 Å². The first-order valence-corrected chi connectivity index (χ1v) is 6.25. The highest BCUT2D eigenvalue weighted by molar-refractivity contribution is 7.12. The fraction of sp³-hybridized carbons (Fsp3) is 0.333. The number of alkyl halides is 1. The topological polar surface area (TPSA) is 13.1 Å². The second-order valence-electron chi connectivity index (χ2n) is 3.47. The van der Waals surface area contributed by atoms with Crippen LogP contribution in [0.2, 0.25) is 0 Å². The van der Waals surface area contributed by atoms with Crippen LogP contribution in [0.15, 0.2) is 28.7 Å². The molecule has 0 saturated heterocycles. The van der Waals surface area contributed by atoms with Gasteiger partial charge in [0.15, 0.2) is 0 Å². The van der Waals surface area contributed by atoms with Crippen LogP contribution in [0, 0.1) is 6.92 Å². The minimum atomic E-state index is -0.149. The summed E-state index contributed by atoms with van der Waals surface area (Å²) >= 11 is 8.09. The third-order valence-corrected chi connectivity index (χ3v) is 4.17. The predicted octanol–water partition coefficient (Wildman–Crippen LogP) is 4.54. The lowest BCUT2D eigenvalue weighted by atomic mass is 10.2. The van der Waals surface area contributed by atoms with Crippen molar-refractivity contribution in [2.45, 2.75) is 25.6 Å². The second-order valence-corrected chi connectivity index (χ2v) is 5.10. The fourth-order valence-electron chi connectivity index (χ4n) is 1.45. The van der Waals surface area contributed by atoms with E-state index in [0.29, 0.717) is 0 Å². The van der Waals surface area contributed by atoms with Gasteiger partial charge in [0.1, 0.15) is 16.9 Å². The van der Waals surface area contributed by atoms with Gasteiger partial charge >= 0.3 is 0 Å². The Balaban J connectivity index is 2.23. The van der Waals surface area contributed by atoms with Gasteiger partial charge in [0.2, 0.25) is 0 Å². The molecule has 2 aromatic rings. The van der Waals surface area contributed by atoms with Crippen molar-refractivity contribution in [3.8, 4) is 0 Å². The molecule has 0 aliphatic rings. The van der Waals surface area contributed by atoms with Crippen LogP contribution < -0.4 is 0 Å². The quantitative estimate of drug-likeness (QED) is 0.718. The maximum absolute atomic E-state index is 6.33. The summed E-state index contributed by atoms with van der Waals surface area (Å²) in [4.78, 5) is 2.52. The lowest BCUT2D eigenvalue weighted by molar-refractivity contribution is 0.490. The molecule has 0 radical (unpaired) electrons. The molecule has 3 heteroatoms. The van der Waals surface area contributed by atoms with E-state index in [4.69, 9.17) is 16.0 Å². The summed E-state index contributed by atoms with van der Waals surface area (Å²) in [5.74, 6) is 1.74. The Morgan fingerprint density at radius 3 is 2.67 bits per heavy atom. The highest BCUT2D eigenvalue weighted by atomic mass is 35.5. The molecule has 1 unspecified atom stereocenters. The molecule has 0 saturated carbocycles. The van der Waals surface area contributed by atoms with Crippen LogP contribution in [0.3, 0.4) is 0 Å². The molecule has 0 bridgehead atoms. The van der Waals surface area contributed by atoms with Crippen molar-refractivity contribution in [1.82, 2.24) is 0 Å². The van der Waals surface area contributed by atoms with Gasteiger partial charge in [-0.25, -0.2) is 0 Å². The van der Waals surface area contributed by atoms with E-state index in [1.165, 1.54) is 4.88 Å². The number of hydrogen-bond acceptors (Lipinski definition) is 2. The standard InChI is InChI=1S/C12H13ClOS/c1-3-9-5-7-11(15-9)12(13)10-6-4-8(2)14-10/h4-7,12H,3H2,1-2H3. The maximum atomic E-state index is 6.33. The van der Waals surface area contributed by atoms with Gasteiger partial charge in [-0.3, -0.25) is 0 Å². The van der Waals surface area contributed by atoms with Gasteiger partial charge in [0.05, 0.1) is 0 Å². The SMILES string of the molecule is CCc1ccc(C(Cl)c2ccc(C)o2)s1. The third-order valence-electron chi connectivity index (χ3n) is 2.29. The Bertz CT molecular complexity index is 444. The van der Waals surface area contributed by atoms with Gasteiger partial charge in [-0.2, -0.15) is 0 Å². The van der Waals surface area contributed by atoms with Gasteiger partial charge in [0.25, 0.3) is 0 Å². The number of thiophene rings is 1. The number of halogens is 1. The summed E-state index contributed by atoms with van der Waals surface area (Å²) in [7, 11) is 0. The first kappa shape index (κ1) is 10.8. The highest BCUT2D eigenvalue weighted by Crippen LogP contribution is 2.34. The van der Waals surface area contributed by atoms with Crippen LogP contribution in [0.1, 0.15) is 33.6 Å². The Morgan fingerprint density at radius 2 is 2.13 bits per heavy atom. The molecule has 0 aliphatic carbocycles. The van der Waals surface area contributed by atoms with Gasteiger partial charge in [-0.05, 0) is 37.6 Å². The first-order chi connectivity index (χ1) is 7.20. The minimum Gasteiger partial charge on any atom is -0.464 e. The highest BCUT2D eigenvalue weighted by Gasteiger charge is 2.16. The zero-order valence-electron chi connectivity index (χ0n) is 8.79. The average Bonchev–Trinajstić information content (AvgIpc) is 2.84. The molecular formula is C12H13ClOS. The van der Waals surface area contributed by atoms with Crippen LogP contribution >= 0.6 is 22.9 Å². The van der Waals surface area contributed by atoms with Gasteiger partial charge < -0.3 is 4.42 Å². The normalized spacial score (nSPS) is 13.0. The van der Waals surface area contributed by atoms with E-state index in [9.17, 15) is 0 Å². The van der Waals surface area contributed by atoms with E-state index >= 15 is 0 Å². The lowest BCUT2D eigenvalue weighted by Crippen LogP contribution is -1.85. The van der Waals surface area contributed by atoms with Crippen molar-refractivity contribution >= 4 is 22.9 Å².